The first-order chi connectivity index (χ1) is 15.6. The first kappa shape index (κ1) is 25.0. The number of ether oxygens (including phenoxy) is 1. The zero-order chi connectivity index (χ0) is 24.2. The first-order valence-electron chi connectivity index (χ1n) is 11.1. The maximum atomic E-state index is 13.0. The molecule has 33 heavy (non-hydrogen) atoms. The van der Waals surface area contributed by atoms with E-state index in [2.05, 4.69) is 35.3 Å². The minimum absolute atomic E-state index is 0.0389. The van der Waals surface area contributed by atoms with Crippen LogP contribution in [0.2, 0.25) is 0 Å². The van der Waals surface area contributed by atoms with E-state index in [1.165, 1.54) is 16.0 Å². The van der Waals surface area contributed by atoms with Crippen molar-refractivity contribution in [3.63, 3.8) is 0 Å². The molecule has 9 heteroatoms. The molecule has 1 amide bonds. The Bertz CT molecular complexity index is 1100. The SMILES string of the molecule is COCc1c(C(=O)NC(C)CCCC(C)(C)O)cnn1-c1nccc(-c2cc(C)sc2C)n1. The molecule has 1 unspecified atom stereocenters. The van der Waals surface area contributed by atoms with E-state index in [9.17, 15) is 9.90 Å². The summed E-state index contributed by atoms with van der Waals surface area (Å²) in [5, 5.41) is 17.3. The molecule has 1 atom stereocenters. The van der Waals surface area contributed by atoms with Crippen LogP contribution < -0.4 is 5.32 Å². The molecule has 0 aromatic carbocycles. The van der Waals surface area contributed by atoms with Crippen LogP contribution in [0.25, 0.3) is 17.2 Å². The quantitative estimate of drug-likeness (QED) is 0.459. The number of aromatic nitrogens is 4. The lowest BCUT2D eigenvalue weighted by molar-refractivity contribution is 0.0674. The highest BCUT2D eigenvalue weighted by atomic mass is 32.1. The van der Waals surface area contributed by atoms with Gasteiger partial charge in [0.05, 0.1) is 35.4 Å². The van der Waals surface area contributed by atoms with Crippen molar-refractivity contribution in [2.75, 3.05) is 7.11 Å². The van der Waals surface area contributed by atoms with E-state index in [1.807, 2.05) is 13.0 Å². The maximum Gasteiger partial charge on any atom is 0.255 e. The number of aliphatic hydroxyl groups is 1. The van der Waals surface area contributed by atoms with Crippen LogP contribution in [0.3, 0.4) is 0 Å². The highest BCUT2D eigenvalue weighted by molar-refractivity contribution is 7.12. The fourth-order valence-corrected chi connectivity index (χ4v) is 4.64. The second kappa shape index (κ2) is 10.5. The number of rotatable bonds is 10. The number of hydrogen-bond donors (Lipinski definition) is 2. The molecule has 0 aliphatic heterocycles. The van der Waals surface area contributed by atoms with Crippen LogP contribution in [0.5, 0.6) is 0 Å². The van der Waals surface area contributed by atoms with E-state index in [0.717, 1.165) is 24.1 Å². The molecule has 0 fully saturated rings. The third-order valence-corrected chi connectivity index (χ3v) is 6.31. The van der Waals surface area contributed by atoms with Crippen molar-refractivity contribution in [3.8, 4) is 17.2 Å². The topological polar surface area (TPSA) is 102 Å². The summed E-state index contributed by atoms with van der Waals surface area (Å²) >= 11 is 1.73. The number of nitrogens with zero attached hydrogens (tertiary/aromatic N) is 4. The van der Waals surface area contributed by atoms with Crippen LogP contribution in [0.4, 0.5) is 0 Å². The van der Waals surface area contributed by atoms with Crippen LogP contribution in [-0.2, 0) is 11.3 Å². The lowest BCUT2D eigenvalue weighted by Crippen LogP contribution is -2.33. The van der Waals surface area contributed by atoms with E-state index in [1.54, 1.807) is 43.2 Å². The van der Waals surface area contributed by atoms with Crippen LogP contribution in [-0.4, -0.2) is 49.5 Å². The number of methoxy groups -OCH3 is 1. The summed E-state index contributed by atoms with van der Waals surface area (Å²) in [5.74, 6) is 0.171. The minimum Gasteiger partial charge on any atom is -0.390 e. The van der Waals surface area contributed by atoms with E-state index < -0.39 is 5.60 Å². The van der Waals surface area contributed by atoms with Crippen molar-refractivity contribution in [1.82, 2.24) is 25.1 Å². The molecule has 2 N–H and O–H groups in total. The Hall–Kier alpha value is -2.62. The minimum atomic E-state index is -0.703. The predicted octanol–water partition coefficient (Wildman–Crippen LogP) is 4.21. The van der Waals surface area contributed by atoms with Crippen LogP contribution in [0.15, 0.2) is 24.5 Å². The Labute approximate surface area is 199 Å². The summed E-state index contributed by atoms with van der Waals surface area (Å²) in [4.78, 5) is 24.5. The Morgan fingerprint density at radius 3 is 2.76 bits per heavy atom. The van der Waals surface area contributed by atoms with Gasteiger partial charge < -0.3 is 15.2 Å². The van der Waals surface area contributed by atoms with E-state index in [0.29, 0.717) is 23.6 Å². The summed E-state index contributed by atoms with van der Waals surface area (Å²) in [5.41, 5.74) is 2.20. The van der Waals surface area contributed by atoms with Gasteiger partial charge in [-0.1, -0.05) is 0 Å². The smallest absolute Gasteiger partial charge is 0.255 e. The van der Waals surface area contributed by atoms with Gasteiger partial charge in [0.2, 0.25) is 0 Å². The molecular weight excluding hydrogens is 438 g/mol. The van der Waals surface area contributed by atoms with Gasteiger partial charge in [-0.3, -0.25) is 4.79 Å². The molecule has 3 rings (SSSR count). The predicted molar refractivity (Wildman–Crippen MR) is 130 cm³/mol. The molecule has 178 valence electrons. The molecular formula is C24H33N5O3S. The Morgan fingerprint density at radius 2 is 2.12 bits per heavy atom. The number of amides is 1. The highest BCUT2D eigenvalue weighted by Crippen LogP contribution is 2.29. The highest BCUT2D eigenvalue weighted by Gasteiger charge is 2.22. The molecule has 0 aliphatic rings. The average Bonchev–Trinajstić information content (AvgIpc) is 3.30. The Balaban J connectivity index is 1.82. The van der Waals surface area contributed by atoms with Crippen molar-refractivity contribution in [1.29, 1.82) is 0 Å². The second-order valence-electron chi connectivity index (χ2n) is 9.00. The van der Waals surface area contributed by atoms with Gasteiger partial charge in [0.1, 0.15) is 0 Å². The van der Waals surface area contributed by atoms with Crippen molar-refractivity contribution >= 4 is 17.2 Å². The summed E-state index contributed by atoms with van der Waals surface area (Å²) in [6.45, 7) is 9.88. The molecule has 8 nitrogen and oxygen atoms in total. The van der Waals surface area contributed by atoms with Crippen molar-refractivity contribution in [2.24, 2.45) is 0 Å². The summed E-state index contributed by atoms with van der Waals surface area (Å²) < 4.78 is 6.93. The van der Waals surface area contributed by atoms with Gasteiger partial charge in [-0.2, -0.15) is 9.78 Å². The number of carbonyl (C=O) groups is 1. The Morgan fingerprint density at radius 1 is 1.36 bits per heavy atom. The molecule has 0 aliphatic carbocycles. The van der Waals surface area contributed by atoms with Crippen molar-refractivity contribution < 1.29 is 14.6 Å². The summed E-state index contributed by atoms with van der Waals surface area (Å²) in [6.07, 6.45) is 5.50. The molecule has 0 spiro atoms. The van der Waals surface area contributed by atoms with E-state index in [-0.39, 0.29) is 18.6 Å². The van der Waals surface area contributed by atoms with Gasteiger partial charge >= 0.3 is 0 Å². The van der Waals surface area contributed by atoms with Crippen LogP contribution >= 0.6 is 11.3 Å². The number of hydrogen-bond acceptors (Lipinski definition) is 7. The van der Waals surface area contributed by atoms with Crippen LogP contribution in [0.1, 0.15) is 65.8 Å². The molecule has 0 saturated carbocycles. The zero-order valence-corrected chi connectivity index (χ0v) is 21.0. The molecule has 0 radical (unpaired) electrons. The fraction of sp³-hybridized carbons (Fsp3) is 0.500. The number of nitrogens with one attached hydrogen (secondary N) is 1. The van der Waals surface area contributed by atoms with E-state index in [4.69, 9.17) is 9.72 Å². The lowest BCUT2D eigenvalue weighted by Gasteiger charge is -2.19. The van der Waals surface area contributed by atoms with Gasteiger partial charge in [0, 0.05) is 34.7 Å². The molecule has 3 heterocycles. The first-order valence-corrected chi connectivity index (χ1v) is 11.9. The van der Waals surface area contributed by atoms with Gasteiger partial charge in [-0.25, -0.2) is 9.97 Å². The van der Waals surface area contributed by atoms with E-state index >= 15 is 0 Å². The molecule has 0 bridgehead atoms. The third-order valence-electron chi connectivity index (χ3n) is 5.35. The molecule has 3 aromatic heterocycles. The van der Waals surface area contributed by atoms with Crippen molar-refractivity contribution in [2.45, 2.75) is 72.1 Å². The summed E-state index contributed by atoms with van der Waals surface area (Å²) in [7, 11) is 1.58. The molecule has 3 aromatic rings. The van der Waals surface area contributed by atoms with Gasteiger partial charge in [0.25, 0.3) is 11.9 Å². The standard InChI is InChI=1S/C24H33N5O3S/c1-15(8-7-10-24(4,5)31)27-22(30)19-13-26-29(21(19)14-32-6)23-25-11-9-20(28-23)18-12-16(2)33-17(18)3/h9,11-13,15,31H,7-8,10,14H2,1-6H3,(H,27,30). The Kier molecular flexibility index (Phi) is 7.99. The third kappa shape index (κ3) is 6.46. The largest absolute Gasteiger partial charge is 0.390 e. The van der Waals surface area contributed by atoms with Crippen LogP contribution in [0, 0.1) is 13.8 Å². The van der Waals surface area contributed by atoms with Gasteiger partial charge in [-0.05, 0) is 66.0 Å². The monoisotopic (exact) mass is 471 g/mol. The normalized spacial score (nSPS) is 12.7. The average molecular weight is 472 g/mol. The molecule has 0 saturated heterocycles. The van der Waals surface area contributed by atoms with Gasteiger partial charge in [0.15, 0.2) is 0 Å². The zero-order valence-electron chi connectivity index (χ0n) is 20.2. The lowest BCUT2D eigenvalue weighted by atomic mass is 9.99. The number of thiophene rings is 1. The maximum absolute atomic E-state index is 13.0. The summed E-state index contributed by atoms with van der Waals surface area (Å²) in [6, 6.07) is 3.95. The number of carbonyl (C=O) groups excluding carboxylic acids is 1. The van der Waals surface area contributed by atoms with Gasteiger partial charge in [-0.15, -0.1) is 11.3 Å². The fourth-order valence-electron chi connectivity index (χ4n) is 3.71. The van der Waals surface area contributed by atoms with Crippen molar-refractivity contribution in [3.05, 3.63) is 45.5 Å². The second-order valence-corrected chi connectivity index (χ2v) is 10.5. The number of aryl methyl sites for hydroxylation is 2.